The summed E-state index contributed by atoms with van der Waals surface area (Å²) >= 11 is 0. The third-order valence-electron chi connectivity index (χ3n) is 10.4. The minimum absolute atomic E-state index is 0.176. The maximum Gasteiger partial charge on any atom is 0.220 e. The van der Waals surface area contributed by atoms with E-state index in [-0.39, 0.29) is 12.5 Å². The van der Waals surface area contributed by atoms with E-state index in [9.17, 15) is 30.3 Å². The highest BCUT2D eigenvalue weighted by atomic mass is 16.7. The van der Waals surface area contributed by atoms with Crippen LogP contribution >= 0.6 is 0 Å². The van der Waals surface area contributed by atoms with Crippen LogP contribution in [0.3, 0.4) is 0 Å². The zero-order chi connectivity index (χ0) is 37.4. The van der Waals surface area contributed by atoms with Gasteiger partial charge in [-0.05, 0) is 19.3 Å². The summed E-state index contributed by atoms with van der Waals surface area (Å²) in [5, 5.41) is 54.0. The lowest BCUT2D eigenvalue weighted by Crippen LogP contribution is -2.60. The van der Waals surface area contributed by atoms with Crippen LogP contribution < -0.4 is 5.32 Å². The number of hydrogen-bond acceptors (Lipinski definition) is 8. The molecule has 1 saturated heterocycles. The van der Waals surface area contributed by atoms with Crippen molar-refractivity contribution in [3.05, 3.63) is 12.2 Å². The van der Waals surface area contributed by atoms with E-state index in [0.717, 1.165) is 38.5 Å². The van der Waals surface area contributed by atoms with Gasteiger partial charge in [0.25, 0.3) is 0 Å². The van der Waals surface area contributed by atoms with Gasteiger partial charge in [0.15, 0.2) is 6.29 Å². The number of aliphatic hydroxyl groups excluding tert-OH is 5. The first-order valence-electron chi connectivity index (χ1n) is 21.4. The van der Waals surface area contributed by atoms with Crippen LogP contribution in [0.2, 0.25) is 0 Å². The Hall–Kier alpha value is -1.07. The molecular formula is C42H81NO8. The molecule has 0 bridgehead atoms. The second-order valence-electron chi connectivity index (χ2n) is 15.1. The van der Waals surface area contributed by atoms with E-state index < -0.39 is 49.5 Å². The van der Waals surface area contributed by atoms with E-state index in [1.807, 2.05) is 6.08 Å². The van der Waals surface area contributed by atoms with E-state index in [1.54, 1.807) is 6.08 Å². The van der Waals surface area contributed by atoms with Gasteiger partial charge in [-0.15, -0.1) is 0 Å². The number of unbranched alkanes of at least 4 members (excludes halogenated alkanes) is 25. The topological polar surface area (TPSA) is 149 Å². The Morgan fingerprint density at radius 1 is 0.647 bits per heavy atom. The third kappa shape index (κ3) is 24.8. The number of allylic oxidation sites excluding steroid dienone is 1. The predicted molar refractivity (Wildman–Crippen MR) is 207 cm³/mol. The molecule has 1 aliphatic heterocycles. The fourth-order valence-corrected chi connectivity index (χ4v) is 6.86. The molecule has 1 rings (SSSR count). The van der Waals surface area contributed by atoms with Crippen LogP contribution in [-0.2, 0) is 14.3 Å². The highest BCUT2D eigenvalue weighted by Gasteiger charge is 2.44. The summed E-state index contributed by atoms with van der Waals surface area (Å²) in [6, 6.07) is -0.796. The second-order valence-corrected chi connectivity index (χ2v) is 15.1. The number of carbonyl (C=O) groups is 1. The van der Waals surface area contributed by atoms with Gasteiger partial charge in [0.2, 0.25) is 5.91 Å². The number of amides is 1. The number of rotatable bonds is 35. The van der Waals surface area contributed by atoms with E-state index in [2.05, 4.69) is 19.2 Å². The number of carbonyl (C=O) groups excluding carboxylic acids is 1. The zero-order valence-electron chi connectivity index (χ0n) is 32.9. The van der Waals surface area contributed by atoms with Gasteiger partial charge in [-0.3, -0.25) is 4.79 Å². The summed E-state index contributed by atoms with van der Waals surface area (Å²) in [5.74, 6) is -0.176. The fourth-order valence-electron chi connectivity index (χ4n) is 6.86. The summed E-state index contributed by atoms with van der Waals surface area (Å²) in [5.41, 5.74) is 0. The molecule has 0 saturated carbocycles. The van der Waals surface area contributed by atoms with Crippen molar-refractivity contribution in [2.45, 2.75) is 236 Å². The van der Waals surface area contributed by atoms with Crippen molar-refractivity contribution < 1.29 is 39.8 Å². The summed E-state index contributed by atoms with van der Waals surface area (Å²) in [6.07, 6.45) is 29.6. The van der Waals surface area contributed by atoms with Crippen LogP contribution in [0.5, 0.6) is 0 Å². The van der Waals surface area contributed by atoms with Gasteiger partial charge >= 0.3 is 0 Å². The average molecular weight is 728 g/mol. The summed E-state index contributed by atoms with van der Waals surface area (Å²) in [4.78, 5) is 12.9. The van der Waals surface area contributed by atoms with Crippen LogP contribution in [0.15, 0.2) is 12.2 Å². The molecular weight excluding hydrogens is 646 g/mol. The fraction of sp³-hybridized carbons (Fsp3) is 0.929. The minimum Gasteiger partial charge on any atom is -0.394 e. The number of aliphatic hydroxyl groups is 5. The molecule has 0 aromatic carbocycles. The first-order valence-corrected chi connectivity index (χ1v) is 21.4. The molecule has 1 amide bonds. The molecule has 1 fully saturated rings. The van der Waals surface area contributed by atoms with E-state index in [4.69, 9.17) is 9.47 Å². The van der Waals surface area contributed by atoms with E-state index in [1.165, 1.54) is 135 Å². The average Bonchev–Trinajstić information content (AvgIpc) is 3.13. The predicted octanol–water partition coefficient (Wildman–Crippen LogP) is 8.17. The van der Waals surface area contributed by atoms with E-state index in [0.29, 0.717) is 6.42 Å². The highest BCUT2D eigenvalue weighted by Crippen LogP contribution is 2.22. The highest BCUT2D eigenvalue weighted by molar-refractivity contribution is 5.76. The smallest absolute Gasteiger partial charge is 0.220 e. The molecule has 0 radical (unpaired) electrons. The van der Waals surface area contributed by atoms with Gasteiger partial charge < -0.3 is 40.3 Å². The van der Waals surface area contributed by atoms with Crippen LogP contribution in [0, 0.1) is 0 Å². The largest absolute Gasteiger partial charge is 0.394 e. The molecule has 0 aromatic rings. The number of ether oxygens (including phenoxy) is 2. The van der Waals surface area contributed by atoms with Crippen molar-refractivity contribution in [3.63, 3.8) is 0 Å². The molecule has 0 aromatic heterocycles. The van der Waals surface area contributed by atoms with Crippen molar-refractivity contribution in [2.75, 3.05) is 13.2 Å². The Labute approximate surface area is 312 Å². The molecule has 0 unspecified atom stereocenters. The van der Waals surface area contributed by atoms with Crippen molar-refractivity contribution >= 4 is 5.91 Å². The quantitative estimate of drug-likeness (QED) is 0.0283. The van der Waals surface area contributed by atoms with Gasteiger partial charge in [0.05, 0.1) is 25.4 Å². The minimum atomic E-state index is -1.56. The van der Waals surface area contributed by atoms with Crippen molar-refractivity contribution in [1.82, 2.24) is 5.32 Å². The molecule has 1 aliphatic rings. The number of nitrogens with one attached hydrogen (secondary N) is 1. The molecule has 7 atom stereocenters. The lowest BCUT2D eigenvalue weighted by molar-refractivity contribution is -0.302. The number of hydrogen-bond donors (Lipinski definition) is 6. The Balaban J connectivity index is 2.39. The normalized spacial score (nSPS) is 22.1. The molecule has 302 valence electrons. The Bertz CT molecular complexity index is 812. The molecule has 9 heteroatoms. The van der Waals surface area contributed by atoms with Crippen LogP contribution in [0.25, 0.3) is 0 Å². The van der Waals surface area contributed by atoms with Crippen molar-refractivity contribution in [2.24, 2.45) is 0 Å². The first-order chi connectivity index (χ1) is 24.8. The summed E-state index contributed by atoms with van der Waals surface area (Å²) in [7, 11) is 0. The maximum absolute atomic E-state index is 12.9. The lowest BCUT2D eigenvalue weighted by Gasteiger charge is -2.40. The van der Waals surface area contributed by atoms with Crippen LogP contribution in [0.1, 0.15) is 194 Å². The van der Waals surface area contributed by atoms with Gasteiger partial charge in [-0.2, -0.15) is 0 Å². The van der Waals surface area contributed by atoms with Gasteiger partial charge in [-0.1, -0.05) is 180 Å². The zero-order valence-corrected chi connectivity index (χ0v) is 32.9. The Morgan fingerprint density at radius 3 is 1.53 bits per heavy atom. The van der Waals surface area contributed by atoms with Crippen LogP contribution in [0.4, 0.5) is 0 Å². The third-order valence-corrected chi connectivity index (χ3v) is 10.4. The first kappa shape index (κ1) is 48.0. The molecule has 0 spiro atoms. The second kappa shape index (κ2) is 33.5. The molecule has 51 heavy (non-hydrogen) atoms. The monoisotopic (exact) mass is 728 g/mol. The standard InChI is InChI=1S/C42H81NO8/c1-3-5-7-9-11-13-15-17-18-20-22-24-26-28-30-32-38(46)43-35(34-50-42-41(49)40(48)39(47)37(33-44)51-42)36(45)31-29-27-25-23-21-19-16-14-12-10-8-6-4-2/h29,31,35-37,39-42,44-45,47-49H,3-28,30,32-34H2,1-2H3,(H,43,46)/t35-,36-,37+,39-,40-,41+,42-/m0/s1. The van der Waals surface area contributed by atoms with E-state index >= 15 is 0 Å². The van der Waals surface area contributed by atoms with Crippen LogP contribution in [-0.4, -0.2) is 87.5 Å². The molecule has 9 nitrogen and oxygen atoms in total. The SMILES string of the molecule is CCCCCCCCCCCCCC=C[C@H](O)[C@H](CO[C@H]1O[C@H](CO)[C@H](O)[C@H](O)[C@H]1O)NC(=O)CCCCCCCCCCCCCCCCC. The summed E-state index contributed by atoms with van der Waals surface area (Å²) in [6.45, 7) is 3.76. The molecule has 1 heterocycles. The molecule has 0 aliphatic carbocycles. The van der Waals surface area contributed by atoms with Gasteiger partial charge in [0.1, 0.15) is 24.4 Å². The Morgan fingerprint density at radius 2 is 1.08 bits per heavy atom. The molecule has 6 N–H and O–H groups in total. The Kier molecular flexibility index (Phi) is 31.5. The van der Waals surface area contributed by atoms with Gasteiger partial charge in [0, 0.05) is 6.42 Å². The lowest BCUT2D eigenvalue weighted by atomic mass is 9.99. The van der Waals surface area contributed by atoms with Gasteiger partial charge in [-0.25, -0.2) is 0 Å². The van der Waals surface area contributed by atoms with Crippen molar-refractivity contribution in [3.8, 4) is 0 Å². The van der Waals surface area contributed by atoms with Crippen molar-refractivity contribution in [1.29, 1.82) is 0 Å². The summed E-state index contributed by atoms with van der Waals surface area (Å²) < 4.78 is 11.2. The maximum atomic E-state index is 12.9.